The second-order valence-corrected chi connectivity index (χ2v) is 8.60. The fraction of sp³-hybridized carbons (Fsp3) is 0.300. The largest absolute Gasteiger partial charge is 0.385 e. The summed E-state index contributed by atoms with van der Waals surface area (Å²) in [4.78, 5) is 34.3. The predicted molar refractivity (Wildman–Crippen MR) is 121 cm³/mol. The van der Waals surface area contributed by atoms with Gasteiger partial charge in [-0.25, -0.2) is 9.97 Å². The summed E-state index contributed by atoms with van der Waals surface area (Å²) in [5, 5.41) is 3.75. The first-order valence-electron chi connectivity index (χ1n) is 9.17. The highest BCUT2D eigenvalue weighted by Gasteiger charge is 2.20. The molecule has 0 saturated heterocycles. The third-order valence-electron chi connectivity index (χ3n) is 4.26. The Bertz CT molecular complexity index is 1120. The second-order valence-electron chi connectivity index (χ2n) is 6.45. The third kappa shape index (κ3) is 5.31. The summed E-state index contributed by atoms with van der Waals surface area (Å²) in [6.07, 6.45) is 2.05. The first kappa shape index (κ1) is 22.6. The van der Waals surface area contributed by atoms with E-state index in [0.717, 1.165) is 0 Å². The van der Waals surface area contributed by atoms with Gasteiger partial charge in [0.2, 0.25) is 5.91 Å². The summed E-state index contributed by atoms with van der Waals surface area (Å²) in [5.41, 5.74) is 0.442. The van der Waals surface area contributed by atoms with Gasteiger partial charge in [0, 0.05) is 26.5 Å². The zero-order valence-corrected chi connectivity index (χ0v) is 18.7. The molecule has 2 heterocycles. The summed E-state index contributed by atoms with van der Waals surface area (Å²) < 4.78 is 6.69. The van der Waals surface area contributed by atoms with Crippen molar-refractivity contribution in [2.24, 2.45) is 0 Å². The second kappa shape index (κ2) is 10.3. The van der Waals surface area contributed by atoms with Gasteiger partial charge in [-0.05, 0) is 31.5 Å². The maximum absolute atomic E-state index is 13.0. The minimum Gasteiger partial charge on any atom is -0.385 e. The van der Waals surface area contributed by atoms with Crippen LogP contribution in [0.4, 0.5) is 5.82 Å². The lowest BCUT2D eigenvalue weighted by Crippen LogP contribution is -2.27. The Hall–Kier alpha value is -2.13. The van der Waals surface area contributed by atoms with Gasteiger partial charge in [0.25, 0.3) is 5.56 Å². The Labute approximate surface area is 187 Å². The number of nitrogens with zero attached hydrogens (tertiary/aromatic N) is 3. The number of anilines is 1. The van der Waals surface area contributed by atoms with Gasteiger partial charge >= 0.3 is 0 Å². The molecule has 158 valence electrons. The predicted octanol–water partition coefficient (Wildman–Crippen LogP) is 4.25. The summed E-state index contributed by atoms with van der Waals surface area (Å²) in [7, 11) is 1.61. The summed E-state index contributed by atoms with van der Waals surface area (Å²) >= 11 is 13.1. The molecule has 0 saturated carbocycles. The number of pyridine rings is 1. The Morgan fingerprint density at radius 2 is 2.10 bits per heavy atom. The van der Waals surface area contributed by atoms with Crippen molar-refractivity contribution in [1.82, 2.24) is 14.5 Å². The number of benzene rings is 1. The van der Waals surface area contributed by atoms with E-state index in [1.807, 2.05) is 6.07 Å². The molecule has 3 aromatic rings. The van der Waals surface area contributed by atoms with E-state index >= 15 is 0 Å². The molecule has 0 aliphatic rings. The molecular formula is C20H20Cl2N4O3S. The number of hydrogen-bond acceptors (Lipinski definition) is 6. The average molecular weight is 467 g/mol. The number of rotatable bonds is 8. The number of halogens is 2. The van der Waals surface area contributed by atoms with Crippen molar-refractivity contribution in [3.05, 3.63) is 56.9 Å². The maximum atomic E-state index is 13.0. The zero-order valence-electron chi connectivity index (χ0n) is 16.4. The Balaban J connectivity index is 1.86. The van der Waals surface area contributed by atoms with Crippen LogP contribution in [0.2, 0.25) is 10.0 Å². The van der Waals surface area contributed by atoms with Crippen LogP contribution in [-0.4, -0.2) is 39.4 Å². The van der Waals surface area contributed by atoms with Crippen LogP contribution >= 0.6 is 35.0 Å². The maximum Gasteiger partial charge on any atom is 0.262 e. The molecule has 0 fully saturated rings. The minimum atomic E-state index is -0.555. The van der Waals surface area contributed by atoms with Crippen LogP contribution in [0.15, 0.2) is 46.5 Å². The molecule has 0 bridgehead atoms. The van der Waals surface area contributed by atoms with Crippen molar-refractivity contribution < 1.29 is 9.53 Å². The number of para-hydroxylation sites is 1. The van der Waals surface area contributed by atoms with Gasteiger partial charge < -0.3 is 10.1 Å². The van der Waals surface area contributed by atoms with Crippen LogP contribution in [0, 0.1) is 0 Å². The van der Waals surface area contributed by atoms with Gasteiger partial charge in [0.05, 0.1) is 26.2 Å². The Morgan fingerprint density at radius 3 is 2.83 bits per heavy atom. The summed E-state index contributed by atoms with van der Waals surface area (Å²) in [5.74, 6) is -0.0926. The van der Waals surface area contributed by atoms with Crippen molar-refractivity contribution >= 4 is 57.6 Å². The van der Waals surface area contributed by atoms with Crippen molar-refractivity contribution in [3.8, 4) is 0 Å². The molecule has 0 aliphatic carbocycles. The SMILES string of the molecule is COCCCn1c(S[C@@H](C)C(=O)Nc2ncc(Cl)cc2Cl)nc2ccccc2c1=O. The number of fused-ring (bicyclic) bond motifs is 1. The van der Waals surface area contributed by atoms with Gasteiger partial charge in [-0.1, -0.05) is 47.1 Å². The lowest BCUT2D eigenvalue weighted by atomic mass is 10.2. The van der Waals surface area contributed by atoms with E-state index in [-0.39, 0.29) is 22.3 Å². The van der Waals surface area contributed by atoms with Crippen molar-refractivity contribution in [1.29, 1.82) is 0 Å². The normalized spacial score (nSPS) is 12.1. The molecule has 1 atom stereocenters. The van der Waals surface area contributed by atoms with Crippen molar-refractivity contribution in [2.45, 2.75) is 30.3 Å². The van der Waals surface area contributed by atoms with Crippen LogP contribution in [0.5, 0.6) is 0 Å². The fourth-order valence-electron chi connectivity index (χ4n) is 2.74. The van der Waals surface area contributed by atoms with E-state index in [2.05, 4.69) is 15.3 Å². The standard InChI is InChI=1S/C20H20Cl2N4O3S/c1-12(18(27)25-17-15(22)10-13(21)11-23-17)30-20-24-16-7-4-3-6-14(16)19(28)26(20)8-5-9-29-2/h3-4,6-7,10-12H,5,8-9H2,1-2H3,(H,23,25,27)/t12-/m0/s1. The number of nitrogens with one attached hydrogen (secondary N) is 1. The molecule has 1 aromatic carbocycles. The number of ether oxygens (including phenoxy) is 1. The highest BCUT2D eigenvalue weighted by Crippen LogP contribution is 2.26. The number of methoxy groups -OCH3 is 1. The molecule has 3 rings (SSSR count). The molecule has 1 amide bonds. The highest BCUT2D eigenvalue weighted by atomic mass is 35.5. The molecule has 0 aliphatic heterocycles. The number of amides is 1. The van der Waals surface area contributed by atoms with E-state index in [0.29, 0.717) is 40.7 Å². The first-order valence-corrected chi connectivity index (χ1v) is 10.8. The highest BCUT2D eigenvalue weighted by molar-refractivity contribution is 8.00. The number of carbonyl (C=O) groups excluding carboxylic acids is 1. The number of thioether (sulfide) groups is 1. The van der Waals surface area contributed by atoms with Crippen LogP contribution in [-0.2, 0) is 16.1 Å². The quantitative estimate of drug-likeness (QED) is 0.303. The molecule has 0 unspecified atom stereocenters. The summed E-state index contributed by atoms with van der Waals surface area (Å²) in [6, 6.07) is 8.65. The van der Waals surface area contributed by atoms with Gasteiger partial charge in [0.15, 0.2) is 11.0 Å². The fourth-order valence-corrected chi connectivity index (χ4v) is 4.10. The van der Waals surface area contributed by atoms with Crippen LogP contribution in [0.1, 0.15) is 13.3 Å². The lowest BCUT2D eigenvalue weighted by molar-refractivity contribution is -0.115. The van der Waals surface area contributed by atoms with E-state index < -0.39 is 5.25 Å². The topological polar surface area (TPSA) is 86.1 Å². The average Bonchev–Trinajstić information content (AvgIpc) is 2.72. The van der Waals surface area contributed by atoms with E-state index in [4.69, 9.17) is 27.9 Å². The Kier molecular flexibility index (Phi) is 7.71. The van der Waals surface area contributed by atoms with Gasteiger partial charge in [-0.15, -0.1) is 0 Å². The lowest BCUT2D eigenvalue weighted by Gasteiger charge is -2.16. The molecule has 30 heavy (non-hydrogen) atoms. The third-order valence-corrected chi connectivity index (χ3v) is 5.84. The van der Waals surface area contributed by atoms with Gasteiger partial charge in [-0.3, -0.25) is 14.2 Å². The molecule has 0 spiro atoms. The molecule has 7 nitrogen and oxygen atoms in total. The van der Waals surface area contributed by atoms with Crippen molar-refractivity contribution in [2.75, 3.05) is 19.0 Å². The minimum absolute atomic E-state index is 0.144. The summed E-state index contributed by atoms with van der Waals surface area (Å²) in [6.45, 7) is 2.68. The molecule has 10 heteroatoms. The van der Waals surface area contributed by atoms with Crippen LogP contribution in [0.25, 0.3) is 10.9 Å². The van der Waals surface area contributed by atoms with E-state index in [9.17, 15) is 9.59 Å². The molecular weight excluding hydrogens is 447 g/mol. The number of hydrogen-bond donors (Lipinski definition) is 1. The smallest absolute Gasteiger partial charge is 0.262 e. The first-order chi connectivity index (χ1) is 14.4. The monoisotopic (exact) mass is 466 g/mol. The number of carbonyl (C=O) groups is 1. The van der Waals surface area contributed by atoms with Crippen LogP contribution < -0.4 is 10.9 Å². The van der Waals surface area contributed by atoms with E-state index in [1.54, 1.807) is 36.8 Å². The zero-order chi connectivity index (χ0) is 21.7. The Morgan fingerprint density at radius 1 is 1.33 bits per heavy atom. The van der Waals surface area contributed by atoms with E-state index in [1.165, 1.54) is 24.0 Å². The molecule has 0 radical (unpaired) electrons. The number of aromatic nitrogens is 3. The van der Waals surface area contributed by atoms with Crippen LogP contribution in [0.3, 0.4) is 0 Å². The van der Waals surface area contributed by atoms with Gasteiger partial charge in [0.1, 0.15) is 0 Å². The molecule has 1 N–H and O–H groups in total. The van der Waals surface area contributed by atoms with Crippen molar-refractivity contribution in [3.63, 3.8) is 0 Å². The molecule has 2 aromatic heterocycles. The van der Waals surface area contributed by atoms with Gasteiger partial charge in [-0.2, -0.15) is 0 Å².